The van der Waals surface area contributed by atoms with Crippen LogP contribution in [-0.2, 0) is 18.2 Å². The molecule has 16 heavy (non-hydrogen) atoms. The molecule has 0 aliphatic carbocycles. The summed E-state index contributed by atoms with van der Waals surface area (Å²) >= 11 is 0. The summed E-state index contributed by atoms with van der Waals surface area (Å²) in [5.74, 6) is 6.62. The summed E-state index contributed by atoms with van der Waals surface area (Å²) in [4.78, 5) is 4.28. The molecular weight excluding hydrogens is 204 g/mol. The Kier molecular flexibility index (Phi) is 4.46. The minimum absolute atomic E-state index is 0.106. The minimum atomic E-state index is -0.278. The van der Waals surface area contributed by atoms with Crippen LogP contribution >= 0.6 is 0 Å². The van der Waals surface area contributed by atoms with Gasteiger partial charge in [0.25, 0.3) is 0 Å². The summed E-state index contributed by atoms with van der Waals surface area (Å²) < 4.78 is 7.44. The number of imidazole rings is 1. The van der Waals surface area contributed by atoms with Gasteiger partial charge in [-0.2, -0.15) is 0 Å². The molecule has 5 heteroatoms. The Morgan fingerprint density at radius 3 is 2.75 bits per heavy atom. The summed E-state index contributed by atoms with van der Waals surface area (Å²) in [6.45, 7) is 4.05. The zero-order chi connectivity index (χ0) is 12.2. The molecule has 1 heterocycles. The van der Waals surface area contributed by atoms with Crippen molar-refractivity contribution in [2.45, 2.75) is 38.3 Å². The van der Waals surface area contributed by atoms with Crippen molar-refractivity contribution in [3.05, 3.63) is 18.2 Å². The topological polar surface area (TPSA) is 65.1 Å². The highest BCUT2D eigenvalue weighted by atomic mass is 16.5. The van der Waals surface area contributed by atoms with Crippen molar-refractivity contribution >= 4 is 0 Å². The molecule has 0 bridgehead atoms. The lowest BCUT2D eigenvalue weighted by atomic mass is 9.94. The van der Waals surface area contributed by atoms with Crippen LogP contribution in [0.4, 0.5) is 0 Å². The fourth-order valence-corrected chi connectivity index (χ4v) is 1.68. The normalized spacial score (nSPS) is 14.1. The summed E-state index contributed by atoms with van der Waals surface area (Å²) in [6, 6.07) is 0.106. The first-order valence-electron chi connectivity index (χ1n) is 5.48. The maximum Gasteiger partial charge on any atom is 0.108 e. The molecule has 0 aliphatic heterocycles. The molecule has 3 N–H and O–H groups in total. The molecular formula is C11H22N4O. The van der Waals surface area contributed by atoms with Crippen molar-refractivity contribution < 1.29 is 4.74 Å². The Hall–Kier alpha value is -0.910. The third-order valence-corrected chi connectivity index (χ3v) is 3.14. The van der Waals surface area contributed by atoms with Crippen molar-refractivity contribution in [3.8, 4) is 0 Å². The molecule has 0 amide bonds. The van der Waals surface area contributed by atoms with E-state index in [1.165, 1.54) is 0 Å². The van der Waals surface area contributed by atoms with Gasteiger partial charge in [-0.1, -0.05) is 0 Å². The fourth-order valence-electron chi connectivity index (χ4n) is 1.68. The number of ether oxygens (including phenoxy) is 1. The zero-order valence-electron chi connectivity index (χ0n) is 10.5. The van der Waals surface area contributed by atoms with Gasteiger partial charge in [-0.05, 0) is 20.3 Å². The Morgan fingerprint density at radius 1 is 1.62 bits per heavy atom. The first-order chi connectivity index (χ1) is 7.51. The van der Waals surface area contributed by atoms with Crippen molar-refractivity contribution in [2.24, 2.45) is 12.9 Å². The summed E-state index contributed by atoms with van der Waals surface area (Å²) in [6.07, 6.45) is 5.52. The van der Waals surface area contributed by atoms with E-state index >= 15 is 0 Å². The Labute approximate surface area is 97.0 Å². The molecule has 0 aliphatic rings. The van der Waals surface area contributed by atoms with Gasteiger partial charge in [0.1, 0.15) is 5.82 Å². The van der Waals surface area contributed by atoms with Gasteiger partial charge in [0.2, 0.25) is 0 Å². The number of hydrazine groups is 1. The lowest BCUT2D eigenvalue weighted by Gasteiger charge is -2.32. The average Bonchev–Trinajstić information content (AvgIpc) is 2.65. The SMILES string of the molecule is COC(C)(C)C(CCc1nccn1C)NN. The summed E-state index contributed by atoms with van der Waals surface area (Å²) in [7, 11) is 3.69. The van der Waals surface area contributed by atoms with Gasteiger partial charge in [-0.15, -0.1) is 0 Å². The zero-order valence-corrected chi connectivity index (χ0v) is 10.5. The van der Waals surface area contributed by atoms with Crippen LogP contribution in [0.3, 0.4) is 0 Å². The highest BCUT2D eigenvalue weighted by Crippen LogP contribution is 2.17. The lowest BCUT2D eigenvalue weighted by molar-refractivity contribution is -0.0126. The molecule has 0 aromatic carbocycles. The fraction of sp³-hybridized carbons (Fsp3) is 0.727. The minimum Gasteiger partial charge on any atom is -0.377 e. The molecule has 1 rings (SSSR count). The number of nitrogens with zero attached hydrogens (tertiary/aromatic N) is 2. The van der Waals surface area contributed by atoms with E-state index in [1.807, 2.05) is 37.9 Å². The number of rotatable bonds is 6. The number of methoxy groups -OCH3 is 1. The van der Waals surface area contributed by atoms with Gasteiger partial charge < -0.3 is 9.30 Å². The average molecular weight is 226 g/mol. The van der Waals surface area contributed by atoms with Crippen LogP contribution in [0.5, 0.6) is 0 Å². The van der Waals surface area contributed by atoms with E-state index < -0.39 is 0 Å². The van der Waals surface area contributed by atoms with E-state index in [4.69, 9.17) is 10.6 Å². The predicted molar refractivity (Wildman–Crippen MR) is 63.7 cm³/mol. The van der Waals surface area contributed by atoms with Crippen LogP contribution in [0.15, 0.2) is 12.4 Å². The molecule has 5 nitrogen and oxygen atoms in total. The van der Waals surface area contributed by atoms with Gasteiger partial charge in [-0.3, -0.25) is 11.3 Å². The second-order valence-electron chi connectivity index (χ2n) is 4.52. The maximum absolute atomic E-state index is 5.55. The van der Waals surface area contributed by atoms with Gasteiger partial charge in [-0.25, -0.2) is 4.98 Å². The molecule has 0 saturated heterocycles. The van der Waals surface area contributed by atoms with Crippen LogP contribution in [0, 0.1) is 0 Å². The molecule has 92 valence electrons. The number of nitrogens with one attached hydrogen (secondary N) is 1. The molecule has 1 aromatic rings. The maximum atomic E-state index is 5.55. The van der Waals surface area contributed by atoms with Crippen molar-refractivity contribution in [3.63, 3.8) is 0 Å². The Bertz CT molecular complexity index is 322. The van der Waals surface area contributed by atoms with E-state index in [0.29, 0.717) is 0 Å². The Balaban J connectivity index is 2.56. The van der Waals surface area contributed by atoms with Gasteiger partial charge in [0.15, 0.2) is 0 Å². The largest absolute Gasteiger partial charge is 0.377 e. The number of hydrogen-bond donors (Lipinski definition) is 2. The third-order valence-electron chi connectivity index (χ3n) is 3.14. The molecule has 0 spiro atoms. The molecule has 0 saturated carbocycles. The molecule has 0 radical (unpaired) electrons. The number of nitrogens with two attached hydrogens (primary N) is 1. The summed E-state index contributed by atoms with van der Waals surface area (Å²) in [5.41, 5.74) is 2.54. The van der Waals surface area contributed by atoms with Crippen molar-refractivity contribution in [2.75, 3.05) is 7.11 Å². The second-order valence-corrected chi connectivity index (χ2v) is 4.52. The van der Waals surface area contributed by atoms with Gasteiger partial charge in [0, 0.05) is 39.0 Å². The van der Waals surface area contributed by atoms with Crippen LogP contribution in [0.2, 0.25) is 0 Å². The smallest absolute Gasteiger partial charge is 0.108 e. The van der Waals surface area contributed by atoms with E-state index in [-0.39, 0.29) is 11.6 Å². The van der Waals surface area contributed by atoms with Crippen LogP contribution < -0.4 is 11.3 Å². The standard InChI is InChI=1S/C11H22N4O/c1-11(2,16-4)9(14-12)5-6-10-13-7-8-15(10)3/h7-9,14H,5-6,12H2,1-4H3. The summed E-state index contributed by atoms with van der Waals surface area (Å²) in [5, 5.41) is 0. The predicted octanol–water partition coefficient (Wildman–Crippen LogP) is 0.610. The second kappa shape index (κ2) is 5.43. The molecule has 1 aromatic heterocycles. The first kappa shape index (κ1) is 13.2. The van der Waals surface area contributed by atoms with E-state index in [1.54, 1.807) is 7.11 Å². The molecule has 1 unspecified atom stereocenters. The highest BCUT2D eigenvalue weighted by Gasteiger charge is 2.28. The van der Waals surface area contributed by atoms with E-state index in [9.17, 15) is 0 Å². The quantitative estimate of drug-likeness (QED) is 0.551. The van der Waals surface area contributed by atoms with Crippen LogP contribution in [0.25, 0.3) is 0 Å². The first-order valence-corrected chi connectivity index (χ1v) is 5.48. The van der Waals surface area contributed by atoms with Crippen molar-refractivity contribution in [1.82, 2.24) is 15.0 Å². The monoisotopic (exact) mass is 226 g/mol. The molecule has 0 fully saturated rings. The number of aryl methyl sites for hydroxylation is 2. The molecule has 1 atom stereocenters. The van der Waals surface area contributed by atoms with E-state index in [2.05, 4.69) is 10.4 Å². The Morgan fingerprint density at radius 2 is 2.31 bits per heavy atom. The highest BCUT2D eigenvalue weighted by molar-refractivity contribution is 4.94. The van der Waals surface area contributed by atoms with Crippen molar-refractivity contribution in [1.29, 1.82) is 0 Å². The number of hydrogen-bond acceptors (Lipinski definition) is 4. The van der Waals surface area contributed by atoms with Gasteiger partial charge >= 0.3 is 0 Å². The van der Waals surface area contributed by atoms with E-state index in [0.717, 1.165) is 18.7 Å². The van der Waals surface area contributed by atoms with Crippen LogP contribution in [-0.4, -0.2) is 28.3 Å². The lowest BCUT2D eigenvalue weighted by Crippen LogP contribution is -2.51. The third kappa shape index (κ3) is 3.04. The van der Waals surface area contributed by atoms with Gasteiger partial charge in [0.05, 0.1) is 5.60 Å². The number of aromatic nitrogens is 2. The van der Waals surface area contributed by atoms with Crippen LogP contribution in [0.1, 0.15) is 26.1 Å².